The lowest BCUT2D eigenvalue weighted by Gasteiger charge is -2.13. The van der Waals surface area contributed by atoms with Gasteiger partial charge in [-0.05, 0) is 42.8 Å². The lowest BCUT2D eigenvalue weighted by Crippen LogP contribution is -2.29. The number of esters is 1. The van der Waals surface area contributed by atoms with Gasteiger partial charge >= 0.3 is 5.97 Å². The summed E-state index contributed by atoms with van der Waals surface area (Å²) in [5.41, 5.74) is 1.26. The van der Waals surface area contributed by atoms with E-state index in [4.69, 9.17) is 33.2 Å². The molecule has 1 amide bonds. The highest BCUT2D eigenvalue weighted by molar-refractivity contribution is 6.35. The molecule has 0 saturated carbocycles. The third-order valence-corrected chi connectivity index (χ3v) is 3.89. The highest BCUT2D eigenvalue weighted by Gasteiger charge is 2.17. The van der Waals surface area contributed by atoms with E-state index in [0.29, 0.717) is 26.9 Å². The Bertz CT molecular complexity index is 904. The van der Waals surface area contributed by atoms with Crippen LogP contribution in [0.4, 0.5) is 5.69 Å². The van der Waals surface area contributed by atoms with Crippen LogP contribution in [0, 0.1) is 11.3 Å². The predicted octanol–water partition coefficient (Wildman–Crippen LogP) is 4.45. The van der Waals surface area contributed by atoms with E-state index in [-0.39, 0.29) is 0 Å². The molecule has 0 aliphatic heterocycles. The lowest BCUT2D eigenvalue weighted by molar-refractivity contribution is -0.148. The first-order chi connectivity index (χ1) is 12.4. The van der Waals surface area contributed by atoms with Crippen molar-refractivity contribution in [2.45, 2.75) is 13.0 Å². The van der Waals surface area contributed by atoms with Crippen LogP contribution in [0.5, 0.6) is 0 Å². The second kappa shape index (κ2) is 9.04. The number of hydrogen-bond acceptors (Lipinski definition) is 4. The second-order valence-electron chi connectivity index (χ2n) is 5.22. The first-order valence-corrected chi connectivity index (χ1v) is 8.30. The number of carbonyl (C=O) groups excluding carboxylic acids is 2. The Hall–Kier alpha value is -2.81. The predicted molar refractivity (Wildman–Crippen MR) is 101 cm³/mol. The molecular weight excluding hydrogens is 375 g/mol. The van der Waals surface area contributed by atoms with Crippen LogP contribution < -0.4 is 5.32 Å². The molecule has 2 rings (SSSR count). The SMILES string of the molecule is CC(OC(=O)/C=C/c1ccc(Cl)cc1Cl)C(=O)Nc1ccccc1C#N. The zero-order valence-electron chi connectivity index (χ0n) is 13.7. The fourth-order valence-electron chi connectivity index (χ4n) is 1.99. The molecule has 132 valence electrons. The summed E-state index contributed by atoms with van der Waals surface area (Å²) in [6, 6.07) is 13.4. The monoisotopic (exact) mass is 388 g/mol. The molecule has 26 heavy (non-hydrogen) atoms. The van der Waals surface area contributed by atoms with Gasteiger partial charge in [-0.3, -0.25) is 4.79 Å². The van der Waals surface area contributed by atoms with Gasteiger partial charge < -0.3 is 10.1 Å². The normalized spacial score (nSPS) is 11.6. The van der Waals surface area contributed by atoms with E-state index in [1.807, 2.05) is 6.07 Å². The number of nitrogens with zero attached hydrogens (tertiary/aromatic N) is 1. The molecule has 2 aromatic rings. The smallest absolute Gasteiger partial charge is 0.331 e. The molecule has 0 aliphatic carbocycles. The number of carbonyl (C=O) groups is 2. The van der Waals surface area contributed by atoms with Crippen LogP contribution in [0.25, 0.3) is 6.08 Å². The molecule has 0 spiro atoms. The van der Waals surface area contributed by atoms with Crippen LogP contribution in [0.2, 0.25) is 10.0 Å². The minimum absolute atomic E-state index is 0.316. The Morgan fingerprint density at radius 2 is 1.96 bits per heavy atom. The van der Waals surface area contributed by atoms with Crippen molar-refractivity contribution in [1.82, 2.24) is 0 Å². The van der Waals surface area contributed by atoms with Gasteiger partial charge in [0.15, 0.2) is 6.10 Å². The van der Waals surface area contributed by atoms with Gasteiger partial charge in [-0.25, -0.2) is 4.79 Å². The molecule has 0 fully saturated rings. The fourth-order valence-corrected chi connectivity index (χ4v) is 2.46. The summed E-state index contributed by atoms with van der Waals surface area (Å²) in [4.78, 5) is 24.0. The van der Waals surface area contributed by atoms with Crippen molar-refractivity contribution in [2.75, 3.05) is 5.32 Å². The topological polar surface area (TPSA) is 79.2 Å². The number of benzene rings is 2. The summed E-state index contributed by atoms with van der Waals surface area (Å²) in [7, 11) is 0. The molecule has 0 bridgehead atoms. The summed E-state index contributed by atoms with van der Waals surface area (Å²) >= 11 is 11.8. The van der Waals surface area contributed by atoms with Crippen LogP contribution in [-0.4, -0.2) is 18.0 Å². The number of nitriles is 1. The number of rotatable bonds is 5. The van der Waals surface area contributed by atoms with Crippen molar-refractivity contribution in [1.29, 1.82) is 5.26 Å². The third kappa shape index (κ3) is 5.35. The number of hydrogen-bond donors (Lipinski definition) is 1. The third-order valence-electron chi connectivity index (χ3n) is 3.33. The molecule has 0 radical (unpaired) electrons. The van der Waals surface area contributed by atoms with E-state index in [9.17, 15) is 9.59 Å². The van der Waals surface area contributed by atoms with Crippen molar-refractivity contribution in [3.63, 3.8) is 0 Å². The molecule has 1 N–H and O–H groups in total. The zero-order chi connectivity index (χ0) is 19.1. The number of para-hydroxylation sites is 1. The molecule has 0 saturated heterocycles. The van der Waals surface area contributed by atoms with Gasteiger partial charge in [-0.1, -0.05) is 41.4 Å². The van der Waals surface area contributed by atoms with Gasteiger partial charge in [0.25, 0.3) is 5.91 Å². The maximum atomic E-state index is 12.1. The van der Waals surface area contributed by atoms with Crippen molar-refractivity contribution in [2.24, 2.45) is 0 Å². The Morgan fingerprint density at radius 3 is 2.65 bits per heavy atom. The van der Waals surface area contributed by atoms with Crippen molar-refractivity contribution < 1.29 is 14.3 Å². The first-order valence-electron chi connectivity index (χ1n) is 7.54. The maximum absolute atomic E-state index is 12.1. The van der Waals surface area contributed by atoms with Crippen LogP contribution in [-0.2, 0) is 14.3 Å². The average molecular weight is 389 g/mol. The van der Waals surface area contributed by atoms with Crippen LogP contribution in [0.3, 0.4) is 0 Å². The van der Waals surface area contributed by atoms with Crippen LogP contribution >= 0.6 is 23.2 Å². The molecule has 1 unspecified atom stereocenters. The summed E-state index contributed by atoms with van der Waals surface area (Å²) < 4.78 is 5.05. The van der Waals surface area contributed by atoms with Gasteiger partial charge in [0.1, 0.15) is 6.07 Å². The van der Waals surface area contributed by atoms with Crippen molar-refractivity contribution in [3.8, 4) is 6.07 Å². The van der Waals surface area contributed by atoms with Gasteiger partial charge in [0, 0.05) is 16.1 Å². The maximum Gasteiger partial charge on any atom is 0.331 e. The van der Waals surface area contributed by atoms with Crippen LogP contribution in [0.1, 0.15) is 18.1 Å². The van der Waals surface area contributed by atoms with E-state index in [0.717, 1.165) is 0 Å². The number of anilines is 1. The average Bonchev–Trinajstić information content (AvgIpc) is 2.61. The molecule has 0 aromatic heterocycles. The van der Waals surface area contributed by atoms with Crippen molar-refractivity contribution >= 4 is 46.8 Å². The summed E-state index contributed by atoms with van der Waals surface area (Å²) in [5.74, 6) is -1.24. The standard InChI is InChI=1S/C19H14Cl2N2O3/c1-12(19(25)23-17-5-3-2-4-14(17)11-22)26-18(24)9-7-13-6-8-15(20)10-16(13)21/h2-10,12H,1H3,(H,23,25)/b9-7+. The van der Waals surface area contributed by atoms with E-state index in [1.165, 1.54) is 19.1 Å². The molecule has 0 heterocycles. The van der Waals surface area contributed by atoms with E-state index in [2.05, 4.69) is 5.32 Å². The lowest BCUT2D eigenvalue weighted by atomic mass is 10.2. The van der Waals surface area contributed by atoms with Crippen molar-refractivity contribution in [3.05, 3.63) is 69.7 Å². The fraction of sp³-hybridized carbons (Fsp3) is 0.105. The van der Waals surface area contributed by atoms with E-state index < -0.39 is 18.0 Å². The number of ether oxygens (including phenoxy) is 1. The molecule has 1 atom stereocenters. The Morgan fingerprint density at radius 1 is 1.23 bits per heavy atom. The minimum Gasteiger partial charge on any atom is -0.449 e. The highest BCUT2D eigenvalue weighted by atomic mass is 35.5. The Balaban J connectivity index is 1.96. The van der Waals surface area contributed by atoms with Crippen LogP contribution in [0.15, 0.2) is 48.5 Å². The summed E-state index contributed by atoms with van der Waals surface area (Å²) in [6.07, 6.45) is 1.60. The molecular formula is C19H14Cl2N2O3. The molecule has 5 nitrogen and oxygen atoms in total. The van der Waals surface area contributed by atoms with Gasteiger partial charge in [0.2, 0.25) is 0 Å². The quantitative estimate of drug-likeness (QED) is 0.605. The Labute approximate surface area is 160 Å². The largest absolute Gasteiger partial charge is 0.449 e. The molecule has 7 heteroatoms. The highest BCUT2D eigenvalue weighted by Crippen LogP contribution is 2.22. The number of amides is 1. The minimum atomic E-state index is -1.04. The first kappa shape index (κ1) is 19.5. The molecule has 2 aromatic carbocycles. The van der Waals surface area contributed by atoms with E-state index in [1.54, 1.807) is 42.5 Å². The number of halogens is 2. The second-order valence-corrected chi connectivity index (χ2v) is 6.07. The Kier molecular flexibility index (Phi) is 6.79. The van der Waals surface area contributed by atoms with Gasteiger partial charge in [0.05, 0.1) is 11.3 Å². The summed E-state index contributed by atoms with van der Waals surface area (Å²) in [6.45, 7) is 1.44. The van der Waals surface area contributed by atoms with E-state index >= 15 is 0 Å². The number of nitrogens with one attached hydrogen (secondary N) is 1. The summed E-state index contributed by atoms with van der Waals surface area (Å²) in [5, 5.41) is 12.4. The molecule has 0 aliphatic rings. The van der Waals surface area contributed by atoms with Gasteiger partial charge in [-0.2, -0.15) is 5.26 Å². The zero-order valence-corrected chi connectivity index (χ0v) is 15.2. The van der Waals surface area contributed by atoms with Gasteiger partial charge in [-0.15, -0.1) is 0 Å².